The highest BCUT2D eigenvalue weighted by molar-refractivity contribution is 7.98. The Morgan fingerprint density at radius 3 is 2.47 bits per heavy atom. The van der Waals surface area contributed by atoms with Crippen LogP contribution in [0.1, 0.15) is 24.8 Å². The molecule has 1 aliphatic rings. The molecular weight excluding hydrogens is 480 g/mol. The summed E-state index contributed by atoms with van der Waals surface area (Å²) in [5, 5.41) is 24.2. The van der Waals surface area contributed by atoms with Crippen LogP contribution in [0.5, 0.6) is 5.75 Å². The predicted molar refractivity (Wildman–Crippen MR) is 133 cm³/mol. The van der Waals surface area contributed by atoms with E-state index in [9.17, 15) is 29.4 Å². The van der Waals surface area contributed by atoms with Gasteiger partial charge in [-0.05, 0) is 49.0 Å². The van der Waals surface area contributed by atoms with Gasteiger partial charge in [0.15, 0.2) is 0 Å². The zero-order chi connectivity index (χ0) is 25.3. The number of hydrogen-bond donors (Lipinski definition) is 6. The zero-order valence-electron chi connectivity index (χ0n) is 19.0. The summed E-state index contributed by atoms with van der Waals surface area (Å²) in [4.78, 5) is 51.7. The van der Waals surface area contributed by atoms with Crippen LogP contribution >= 0.6 is 24.4 Å². The van der Waals surface area contributed by atoms with E-state index in [0.717, 1.165) is 0 Å². The van der Waals surface area contributed by atoms with Crippen molar-refractivity contribution in [2.75, 3.05) is 24.3 Å². The first-order valence-electron chi connectivity index (χ1n) is 10.9. The largest absolute Gasteiger partial charge is 0.508 e. The average molecular weight is 513 g/mol. The Labute approximate surface area is 208 Å². The van der Waals surface area contributed by atoms with Gasteiger partial charge in [-0.3, -0.25) is 14.4 Å². The number of benzene rings is 1. The summed E-state index contributed by atoms with van der Waals surface area (Å²) < 4.78 is 0. The van der Waals surface area contributed by atoms with Gasteiger partial charge in [0.2, 0.25) is 17.7 Å². The molecule has 0 aliphatic carbocycles. The summed E-state index contributed by atoms with van der Waals surface area (Å²) in [6.07, 6.45) is 3.20. The molecular formula is C22H32N4O6S2. The number of rotatable bonds is 12. The van der Waals surface area contributed by atoms with Crippen molar-refractivity contribution in [3.05, 3.63) is 29.8 Å². The van der Waals surface area contributed by atoms with Crippen LogP contribution in [0.4, 0.5) is 0 Å². The minimum Gasteiger partial charge on any atom is -0.508 e. The molecule has 4 unspecified atom stereocenters. The van der Waals surface area contributed by atoms with E-state index in [4.69, 9.17) is 5.73 Å². The van der Waals surface area contributed by atoms with Crippen molar-refractivity contribution in [2.45, 2.75) is 49.9 Å². The van der Waals surface area contributed by atoms with Gasteiger partial charge in [0.05, 0.1) is 6.04 Å². The Balaban J connectivity index is 2.19. The highest BCUT2D eigenvalue weighted by atomic mass is 32.2. The zero-order valence-corrected chi connectivity index (χ0v) is 20.7. The van der Waals surface area contributed by atoms with Crippen LogP contribution in [0.15, 0.2) is 24.3 Å². The lowest BCUT2D eigenvalue weighted by Crippen LogP contribution is -2.57. The summed E-state index contributed by atoms with van der Waals surface area (Å²) in [7, 11) is 0. The van der Waals surface area contributed by atoms with Crippen LogP contribution in [-0.4, -0.2) is 87.3 Å². The minimum absolute atomic E-state index is 0.0680. The number of thioether (sulfide) groups is 1. The number of nitrogens with two attached hydrogens (primary N) is 1. The predicted octanol–water partition coefficient (Wildman–Crippen LogP) is -0.00990. The Bertz CT molecular complexity index is 869. The lowest BCUT2D eigenvalue weighted by molar-refractivity contribution is -0.144. The quantitative estimate of drug-likeness (QED) is 0.213. The molecule has 1 saturated heterocycles. The second-order valence-corrected chi connectivity index (χ2v) is 9.44. The molecule has 4 atom stereocenters. The van der Waals surface area contributed by atoms with Crippen molar-refractivity contribution >= 4 is 48.1 Å². The van der Waals surface area contributed by atoms with E-state index >= 15 is 0 Å². The maximum atomic E-state index is 13.5. The molecule has 1 aromatic rings. The minimum atomic E-state index is -1.13. The Hall–Kier alpha value is -2.44. The number of hydrogen-bond acceptors (Lipinski definition) is 8. The number of nitrogens with zero attached hydrogens (tertiary/aromatic N) is 1. The number of amides is 3. The second kappa shape index (κ2) is 13.4. The van der Waals surface area contributed by atoms with Crippen molar-refractivity contribution in [3.8, 4) is 5.75 Å². The van der Waals surface area contributed by atoms with Crippen molar-refractivity contribution in [1.82, 2.24) is 15.5 Å². The lowest BCUT2D eigenvalue weighted by atomic mass is 10.0. The highest BCUT2D eigenvalue weighted by Crippen LogP contribution is 2.21. The normalized spacial score (nSPS) is 18.1. The molecule has 34 heavy (non-hydrogen) atoms. The number of carboxylic acid groups (broad SMARTS) is 1. The van der Waals surface area contributed by atoms with Crippen molar-refractivity contribution in [3.63, 3.8) is 0 Å². The molecule has 1 fully saturated rings. The number of likely N-dealkylation sites (tertiary alicyclic amines) is 1. The van der Waals surface area contributed by atoms with Gasteiger partial charge in [-0.1, -0.05) is 12.1 Å². The fourth-order valence-electron chi connectivity index (χ4n) is 3.69. The highest BCUT2D eigenvalue weighted by Gasteiger charge is 2.39. The van der Waals surface area contributed by atoms with Crippen molar-refractivity contribution in [1.29, 1.82) is 0 Å². The van der Waals surface area contributed by atoms with Crippen molar-refractivity contribution in [2.24, 2.45) is 5.73 Å². The topological polar surface area (TPSA) is 162 Å². The monoisotopic (exact) mass is 512 g/mol. The average Bonchev–Trinajstić information content (AvgIpc) is 3.31. The first-order chi connectivity index (χ1) is 16.2. The van der Waals surface area contributed by atoms with Crippen molar-refractivity contribution < 1.29 is 29.4 Å². The van der Waals surface area contributed by atoms with Gasteiger partial charge < -0.3 is 31.5 Å². The fourth-order valence-corrected chi connectivity index (χ4v) is 4.33. The molecule has 1 aromatic carbocycles. The van der Waals surface area contributed by atoms with E-state index in [0.29, 0.717) is 30.7 Å². The van der Waals surface area contributed by atoms with Crippen LogP contribution in [-0.2, 0) is 25.6 Å². The lowest BCUT2D eigenvalue weighted by Gasteiger charge is -2.30. The number of phenols is 1. The standard InChI is InChI=1S/C22H32N4O6S2/c1-34-10-8-16(22(31)32)24-20(29)18-3-2-9-26(18)21(30)17(25-19(28)15(23)12-33)11-13-4-6-14(27)7-5-13/h4-7,15-18,27,33H,2-3,8-12,23H2,1H3,(H,24,29)(H,25,28)(H,31,32). The molecule has 2 rings (SSSR count). The molecule has 6 N–H and O–H groups in total. The molecule has 0 spiro atoms. The molecule has 0 radical (unpaired) electrons. The van der Waals surface area contributed by atoms with Gasteiger partial charge in [-0.25, -0.2) is 4.79 Å². The van der Waals surface area contributed by atoms with Crippen LogP contribution < -0.4 is 16.4 Å². The number of thiol groups is 1. The summed E-state index contributed by atoms with van der Waals surface area (Å²) in [5.74, 6) is -1.93. The van der Waals surface area contributed by atoms with Gasteiger partial charge in [-0.15, -0.1) is 0 Å². The summed E-state index contributed by atoms with van der Waals surface area (Å²) in [6, 6.07) is 2.44. The molecule has 0 saturated carbocycles. The first-order valence-corrected chi connectivity index (χ1v) is 13.0. The molecule has 1 aliphatic heterocycles. The number of phenolic OH excluding ortho intramolecular Hbond substituents is 1. The summed E-state index contributed by atoms with van der Waals surface area (Å²) in [6.45, 7) is 0.306. The van der Waals surface area contributed by atoms with E-state index in [2.05, 4.69) is 23.3 Å². The molecule has 3 amide bonds. The molecule has 188 valence electrons. The van der Waals surface area contributed by atoms with Crippen LogP contribution in [0.25, 0.3) is 0 Å². The number of carbonyl (C=O) groups excluding carboxylic acids is 3. The van der Waals surface area contributed by atoms with Crippen LogP contribution in [0.2, 0.25) is 0 Å². The number of nitrogens with one attached hydrogen (secondary N) is 2. The summed E-state index contributed by atoms with van der Waals surface area (Å²) >= 11 is 5.51. The summed E-state index contributed by atoms with van der Waals surface area (Å²) in [5.41, 5.74) is 6.46. The molecule has 1 heterocycles. The van der Waals surface area contributed by atoms with E-state index in [1.165, 1.54) is 28.8 Å². The van der Waals surface area contributed by atoms with Gasteiger partial charge in [0.25, 0.3) is 0 Å². The van der Waals surface area contributed by atoms with E-state index in [1.54, 1.807) is 12.1 Å². The Kier molecular flexibility index (Phi) is 11.0. The fraction of sp³-hybridized carbons (Fsp3) is 0.545. The maximum Gasteiger partial charge on any atom is 0.326 e. The maximum absolute atomic E-state index is 13.5. The molecule has 0 aromatic heterocycles. The van der Waals surface area contributed by atoms with E-state index in [1.807, 2.05) is 6.26 Å². The second-order valence-electron chi connectivity index (χ2n) is 8.09. The third-order valence-electron chi connectivity index (χ3n) is 5.59. The van der Waals surface area contributed by atoms with Gasteiger partial charge in [0.1, 0.15) is 23.9 Å². The number of carboxylic acids is 1. The smallest absolute Gasteiger partial charge is 0.326 e. The van der Waals surface area contributed by atoms with E-state index < -0.39 is 47.9 Å². The number of carbonyl (C=O) groups is 4. The number of aromatic hydroxyl groups is 1. The van der Waals surface area contributed by atoms with Gasteiger partial charge in [-0.2, -0.15) is 24.4 Å². The Morgan fingerprint density at radius 1 is 1.21 bits per heavy atom. The van der Waals surface area contributed by atoms with Gasteiger partial charge in [0, 0.05) is 18.7 Å². The molecule has 0 bridgehead atoms. The Morgan fingerprint density at radius 2 is 1.88 bits per heavy atom. The van der Waals surface area contributed by atoms with E-state index in [-0.39, 0.29) is 24.3 Å². The molecule has 10 nitrogen and oxygen atoms in total. The molecule has 12 heteroatoms. The first kappa shape index (κ1) is 27.8. The van der Waals surface area contributed by atoms with Gasteiger partial charge >= 0.3 is 5.97 Å². The SMILES string of the molecule is CSCCC(NC(=O)C1CCCN1C(=O)C(Cc1ccc(O)cc1)NC(=O)C(N)CS)C(=O)O. The number of aliphatic carboxylic acids is 1. The van der Waals surface area contributed by atoms with Crippen LogP contribution in [0, 0.1) is 0 Å². The third-order valence-corrected chi connectivity index (χ3v) is 6.63. The van der Waals surface area contributed by atoms with Crippen LogP contribution in [0.3, 0.4) is 0 Å². The third kappa shape index (κ3) is 7.81.